The molecule has 0 amide bonds. The summed E-state index contributed by atoms with van der Waals surface area (Å²) < 4.78 is 16.9. The van der Waals surface area contributed by atoms with E-state index in [9.17, 15) is 4.79 Å². The minimum Gasteiger partial charge on any atom is -0.464 e. The smallest absolute Gasteiger partial charge is 0.335 e. The third-order valence-electron chi connectivity index (χ3n) is 5.52. The lowest BCUT2D eigenvalue weighted by Gasteiger charge is -2.30. The third kappa shape index (κ3) is 4.51. The molecule has 0 fully saturated rings. The lowest BCUT2D eigenvalue weighted by Crippen LogP contribution is -2.28. The second kappa shape index (κ2) is 9.35. The standard InChI is InChI=1S/C25H29NO4/c1-3-28-24(25(27)29-4-2)15-18-11-12-23-20(14-18)16-21(30-23)17-26-13-7-9-19-8-5-6-10-22(19)26/h5-6,8,10-12,14,16,24H,3-4,7,9,13,15,17H2,1-2H3. The SMILES string of the molecule is CCOC(=O)C(Cc1ccc2oc(CN3CCCc4ccccc43)cc2c1)OCC. The van der Waals surface area contributed by atoms with Crippen LogP contribution >= 0.6 is 0 Å². The van der Waals surface area contributed by atoms with Crippen LogP contribution in [0, 0.1) is 0 Å². The molecular formula is C25H29NO4. The van der Waals surface area contributed by atoms with Gasteiger partial charge in [-0.1, -0.05) is 24.3 Å². The zero-order chi connectivity index (χ0) is 20.9. The van der Waals surface area contributed by atoms with Gasteiger partial charge in [0, 0.05) is 30.6 Å². The van der Waals surface area contributed by atoms with E-state index in [4.69, 9.17) is 13.9 Å². The quantitative estimate of drug-likeness (QED) is 0.497. The Balaban J connectivity index is 1.51. The Hall–Kier alpha value is -2.79. The number of para-hydroxylation sites is 1. The van der Waals surface area contributed by atoms with Crippen LogP contribution in [0.2, 0.25) is 0 Å². The first-order valence-corrected chi connectivity index (χ1v) is 10.8. The molecule has 2 aromatic carbocycles. The molecule has 1 atom stereocenters. The Bertz CT molecular complexity index is 1010. The maximum atomic E-state index is 12.2. The first kappa shape index (κ1) is 20.5. The number of carbonyl (C=O) groups is 1. The van der Waals surface area contributed by atoms with Crippen LogP contribution in [0.5, 0.6) is 0 Å². The lowest BCUT2D eigenvalue weighted by atomic mass is 10.0. The second-order valence-corrected chi connectivity index (χ2v) is 7.64. The monoisotopic (exact) mass is 407 g/mol. The van der Waals surface area contributed by atoms with Crippen LogP contribution in [-0.2, 0) is 33.7 Å². The summed E-state index contributed by atoms with van der Waals surface area (Å²) in [6.07, 6.45) is 2.21. The summed E-state index contributed by atoms with van der Waals surface area (Å²) in [6.45, 7) is 6.31. The van der Waals surface area contributed by atoms with E-state index in [-0.39, 0.29) is 5.97 Å². The van der Waals surface area contributed by atoms with Gasteiger partial charge in [0.05, 0.1) is 13.2 Å². The number of furan rings is 1. The summed E-state index contributed by atoms with van der Waals surface area (Å²) in [4.78, 5) is 14.5. The van der Waals surface area contributed by atoms with Crippen molar-refractivity contribution in [3.63, 3.8) is 0 Å². The van der Waals surface area contributed by atoms with Crippen molar-refractivity contribution in [1.29, 1.82) is 0 Å². The number of aryl methyl sites for hydroxylation is 1. The van der Waals surface area contributed by atoms with Crippen LogP contribution < -0.4 is 4.90 Å². The number of nitrogens with zero attached hydrogens (tertiary/aromatic N) is 1. The molecule has 2 heterocycles. The van der Waals surface area contributed by atoms with E-state index in [0.717, 1.165) is 48.2 Å². The highest BCUT2D eigenvalue weighted by molar-refractivity contribution is 5.80. The fourth-order valence-electron chi connectivity index (χ4n) is 4.18. The normalized spacial score (nSPS) is 14.5. The van der Waals surface area contributed by atoms with E-state index in [2.05, 4.69) is 41.3 Å². The predicted octanol–water partition coefficient (Wildman–Crippen LogP) is 4.90. The average molecular weight is 408 g/mol. The van der Waals surface area contributed by atoms with E-state index in [1.54, 1.807) is 6.92 Å². The van der Waals surface area contributed by atoms with E-state index in [1.165, 1.54) is 11.3 Å². The van der Waals surface area contributed by atoms with Gasteiger partial charge in [0.1, 0.15) is 11.3 Å². The van der Waals surface area contributed by atoms with E-state index in [0.29, 0.717) is 19.6 Å². The molecule has 0 spiro atoms. The fourth-order valence-corrected chi connectivity index (χ4v) is 4.18. The van der Waals surface area contributed by atoms with Gasteiger partial charge in [-0.25, -0.2) is 4.79 Å². The maximum absolute atomic E-state index is 12.2. The summed E-state index contributed by atoms with van der Waals surface area (Å²) in [5.41, 5.74) is 4.61. The Morgan fingerprint density at radius 1 is 1.13 bits per heavy atom. The Kier molecular flexibility index (Phi) is 6.38. The number of ether oxygens (including phenoxy) is 2. The first-order chi connectivity index (χ1) is 14.7. The molecule has 158 valence electrons. The average Bonchev–Trinajstić information content (AvgIpc) is 3.15. The van der Waals surface area contributed by atoms with Gasteiger partial charge in [-0.05, 0) is 62.1 Å². The number of fused-ring (bicyclic) bond motifs is 2. The summed E-state index contributed by atoms with van der Waals surface area (Å²) in [5, 5.41) is 1.05. The van der Waals surface area contributed by atoms with Crippen LogP contribution in [0.15, 0.2) is 52.9 Å². The van der Waals surface area contributed by atoms with Crippen molar-refractivity contribution in [2.45, 2.75) is 45.8 Å². The number of anilines is 1. The van der Waals surface area contributed by atoms with Gasteiger partial charge in [-0.3, -0.25) is 0 Å². The number of benzene rings is 2. The zero-order valence-electron chi connectivity index (χ0n) is 17.7. The minimum absolute atomic E-state index is 0.309. The van der Waals surface area contributed by atoms with E-state index >= 15 is 0 Å². The molecule has 1 aliphatic rings. The van der Waals surface area contributed by atoms with Crippen molar-refractivity contribution in [1.82, 2.24) is 0 Å². The van der Waals surface area contributed by atoms with Gasteiger partial charge < -0.3 is 18.8 Å². The van der Waals surface area contributed by atoms with Crippen LogP contribution in [-0.4, -0.2) is 31.8 Å². The van der Waals surface area contributed by atoms with Crippen molar-refractivity contribution in [2.75, 3.05) is 24.7 Å². The van der Waals surface area contributed by atoms with Crippen molar-refractivity contribution in [3.8, 4) is 0 Å². The van der Waals surface area contributed by atoms with Gasteiger partial charge in [-0.15, -0.1) is 0 Å². The van der Waals surface area contributed by atoms with Gasteiger partial charge in [-0.2, -0.15) is 0 Å². The molecule has 5 heteroatoms. The zero-order valence-corrected chi connectivity index (χ0v) is 17.7. The van der Waals surface area contributed by atoms with Crippen molar-refractivity contribution in [2.24, 2.45) is 0 Å². The van der Waals surface area contributed by atoms with Gasteiger partial charge >= 0.3 is 5.97 Å². The second-order valence-electron chi connectivity index (χ2n) is 7.64. The molecule has 1 aliphatic heterocycles. The van der Waals surface area contributed by atoms with Crippen LogP contribution in [0.25, 0.3) is 11.0 Å². The molecular weight excluding hydrogens is 378 g/mol. The molecule has 0 aliphatic carbocycles. The maximum Gasteiger partial charge on any atom is 0.335 e. The molecule has 0 N–H and O–H groups in total. The molecule has 0 saturated heterocycles. The highest BCUT2D eigenvalue weighted by atomic mass is 16.6. The number of hydrogen-bond donors (Lipinski definition) is 0. The molecule has 0 saturated carbocycles. The highest BCUT2D eigenvalue weighted by Gasteiger charge is 2.21. The van der Waals surface area contributed by atoms with Crippen molar-refractivity contribution in [3.05, 3.63) is 65.4 Å². The van der Waals surface area contributed by atoms with E-state index in [1.807, 2.05) is 19.1 Å². The first-order valence-electron chi connectivity index (χ1n) is 10.8. The number of esters is 1. The summed E-state index contributed by atoms with van der Waals surface area (Å²) in [6, 6.07) is 16.8. The summed E-state index contributed by atoms with van der Waals surface area (Å²) >= 11 is 0. The van der Waals surface area contributed by atoms with Crippen LogP contribution in [0.4, 0.5) is 5.69 Å². The topological polar surface area (TPSA) is 51.9 Å². The summed E-state index contributed by atoms with van der Waals surface area (Å²) in [5.74, 6) is 0.640. The lowest BCUT2D eigenvalue weighted by molar-refractivity contribution is -0.156. The molecule has 0 bridgehead atoms. The van der Waals surface area contributed by atoms with Crippen LogP contribution in [0.3, 0.4) is 0 Å². The molecule has 0 radical (unpaired) electrons. The van der Waals surface area contributed by atoms with Gasteiger partial charge in [0.25, 0.3) is 0 Å². The molecule has 30 heavy (non-hydrogen) atoms. The fraction of sp³-hybridized carbons (Fsp3) is 0.400. The molecule has 1 unspecified atom stereocenters. The summed E-state index contributed by atoms with van der Waals surface area (Å²) in [7, 11) is 0. The number of carbonyl (C=O) groups excluding carboxylic acids is 1. The van der Waals surface area contributed by atoms with Crippen molar-refractivity contribution >= 4 is 22.6 Å². The molecule has 5 nitrogen and oxygen atoms in total. The number of rotatable bonds is 8. The predicted molar refractivity (Wildman–Crippen MR) is 118 cm³/mol. The Morgan fingerprint density at radius 3 is 2.83 bits per heavy atom. The largest absolute Gasteiger partial charge is 0.464 e. The number of hydrogen-bond acceptors (Lipinski definition) is 5. The highest BCUT2D eigenvalue weighted by Crippen LogP contribution is 2.30. The molecule has 1 aromatic heterocycles. The van der Waals surface area contributed by atoms with Crippen LogP contribution in [0.1, 0.15) is 37.2 Å². The molecule has 3 aromatic rings. The van der Waals surface area contributed by atoms with E-state index < -0.39 is 6.10 Å². The van der Waals surface area contributed by atoms with Gasteiger partial charge in [0.15, 0.2) is 6.10 Å². The third-order valence-corrected chi connectivity index (χ3v) is 5.52. The van der Waals surface area contributed by atoms with Crippen molar-refractivity contribution < 1.29 is 18.7 Å². The Labute approximate surface area is 177 Å². The Morgan fingerprint density at radius 2 is 2.00 bits per heavy atom. The van der Waals surface area contributed by atoms with Gasteiger partial charge in [0.2, 0.25) is 0 Å². The minimum atomic E-state index is -0.580. The molecule has 4 rings (SSSR count).